The molecule has 16 heavy (non-hydrogen) atoms. The summed E-state index contributed by atoms with van der Waals surface area (Å²) in [6.45, 7) is 3.87. The summed E-state index contributed by atoms with van der Waals surface area (Å²) in [5, 5.41) is 1.07. The standard InChI is InChI=1S/C12H13Br2ClO/c1-12(2,10(16)7-13)11(14)8-3-5-9(15)6-4-8/h3-6,11H,7H2,1-2H3. The summed E-state index contributed by atoms with van der Waals surface area (Å²) in [6, 6.07) is 7.54. The third-order valence-corrected chi connectivity index (χ3v) is 5.07. The van der Waals surface area contributed by atoms with Crippen LogP contribution < -0.4 is 0 Å². The molecule has 1 aromatic carbocycles. The molecule has 0 aliphatic rings. The van der Waals surface area contributed by atoms with Gasteiger partial charge in [-0.3, -0.25) is 4.79 Å². The van der Waals surface area contributed by atoms with Crippen molar-refractivity contribution in [3.63, 3.8) is 0 Å². The molecule has 1 nitrogen and oxygen atoms in total. The monoisotopic (exact) mass is 366 g/mol. The molecular weight excluding hydrogens is 355 g/mol. The highest BCUT2D eigenvalue weighted by Gasteiger charge is 2.35. The van der Waals surface area contributed by atoms with Crippen LogP contribution >= 0.6 is 43.5 Å². The molecule has 1 rings (SSSR count). The summed E-state index contributed by atoms with van der Waals surface area (Å²) in [5.74, 6) is 0.171. The van der Waals surface area contributed by atoms with E-state index in [2.05, 4.69) is 31.9 Å². The van der Waals surface area contributed by atoms with E-state index in [1.807, 2.05) is 38.1 Å². The third kappa shape index (κ3) is 3.08. The van der Waals surface area contributed by atoms with Gasteiger partial charge in [0.2, 0.25) is 0 Å². The Bertz CT molecular complexity index is 373. The zero-order valence-electron chi connectivity index (χ0n) is 9.14. The average molecular weight is 368 g/mol. The minimum Gasteiger partial charge on any atom is -0.298 e. The summed E-state index contributed by atoms with van der Waals surface area (Å²) in [4.78, 5) is 11.8. The van der Waals surface area contributed by atoms with E-state index in [4.69, 9.17) is 11.6 Å². The Kier molecular flexibility index (Phi) is 5.02. The van der Waals surface area contributed by atoms with Crippen LogP contribution in [-0.4, -0.2) is 11.1 Å². The molecule has 0 fully saturated rings. The molecule has 0 aliphatic carbocycles. The molecule has 0 radical (unpaired) electrons. The maximum atomic E-state index is 11.8. The van der Waals surface area contributed by atoms with Gasteiger partial charge in [0, 0.05) is 10.4 Å². The van der Waals surface area contributed by atoms with Crippen LogP contribution in [0.1, 0.15) is 24.2 Å². The number of ketones is 1. The number of carbonyl (C=O) groups excluding carboxylic acids is 1. The lowest BCUT2D eigenvalue weighted by Gasteiger charge is -2.28. The molecule has 0 amide bonds. The number of hydrogen-bond donors (Lipinski definition) is 0. The van der Waals surface area contributed by atoms with Gasteiger partial charge >= 0.3 is 0 Å². The van der Waals surface area contributed by atoms with Gasteiger partial charge in [-0.15, -0.1) is 0 Å². The second-order valence-electron chi connectivity index (χ2n) is 4.19. The van der Waals surface area contributed by atoms with Crippen molar-refractivity contribution in [2.45, 2.75) is 18.7 Å². The van der Waals surface area contributed by atoms with Crippen molar-refractivity contribution in [2.75, 3.05) is 5.33 Å². The first-order valence-electron chi connectivity index (χ1n) is 4.88. The smallest absolute Gasteiger partial charge is 0.150 e. The van der Waals surface area contributed by atoms with Gasteiger partial charge in [-0.2, -0.15) is 0 Å². The highest BCUT2D eigenvalue weighted by atomic mass is 79.9. The van der Waals surface area contributed by atoms with E-state index in [1.54, 1.807) is 0 Å². The lowest BCUT2D eigenvalue weighted by Crippen LogP contribution is -2.29. The fourth-order valence-electron chi connectivity index (χ4n) is 1.36. The fourth-order valence-corrected chi connectivity index (χ4v) is 2.77. The Morgan fingerprint density at radius 2 is 1.88 bits per heavy atom. The molecule has 1 aromatic rings. The van der Waals surface area contributed by atoms with Gasteiger partial charge < -0.3 is 0 Å². The molecule has 88 valence electrons. The normalized spacial score (nSPS) is 13.6. The molecule has 1 atom stereocenters. The number of carbonyl (C=O) groups is 1. The summed E-state index contributed by atoms with van der Waals surface area (Å²) in [6.07, 6.45) is 0. The number of hydrogen-bond acceptors (Lipinski definition) is 1. The van der Waals surface area contributed by atoms with Crippen LogP contribution in [0.2, 0.25) is 5.02 Å². The minimum absolute atomic E-state index is 0.0117. The molecule has 0 bridgehead atoms. The van der Waals surface area contributed by atoms with Crippen LogP contribution in [0.25, 0.3) is 0 Å². The second kappa shape index (κ2) is 5.65. The van der Waals surface area contributed by atoms with Crippen molar-refractivity contribution in [3.8, 4) is 0 Å². The SMILES string of the molecule is CC(C)(C(=O)CBr)C(Br)c1ccc(Cl)cc1. The van der Waals surface area contributed by atoms with Crippen LogP contribution in [-0.2, 0) is 4.79 Å². The molecule has 0 aromatic heterocycles. The predicted molar refractivity (Wildman–Crippen MR) is 75.7 cm³/mol. The van der Waals surface area contributed by atoms with Crippen molar-refractivity contribution >= 4 is 49.2 Å². The van der Waals surface area contributed by atoms with Crippen LogP contribution in [0, 0.1) is 5.41 Å². The van der Waals surface area contributed by atoms with Gasteiger partial charge in [-0.1, -0.05) is 69.4 Å². The number of rotatable bonds is 4. The molecule has 0 aliphatic heterocycles. The van der Waals surface area contributed by atoms with Crippen molar-refractivity contribution < 1.29 is 4.79 Å². The van der Waals surface area contributed by atoms with Crippen LogP contribution in [0.5, 0.6) is 0 Å². The second-order valence-corrected chi connectivity index (χ2v) is 6.11. The van der Waals surface area contributed by atoms with Gasteiger partial charge in [0.15, 0.2) is 0 Å². The summed E-state index contributed by atoms with van der Waals surface area (Å²) in [5.41, 5.74) is 0.612. The third-order valence-electron chi connectivity index (χ3n) is 2.64. The zero-order chi connectivity index (χ0) is 12.3. The van der Waals surface area contributed by atoms with Crippen molar-refractivity contribution in [1.82, 2.24) is 0 Å². The van der Waals surface area contributed by atoms with Gasteiger partial charge in [0.1, 0.15) is 5.78 Å². The number of halogens is 3. The number of Topliss-reactive ketones (excluding diaryl/α,β-unsaturated/α-hetero) is 1. The Hall–Kier alpha value is 0.140. The topological polar surface area (TPSA) is 17.1 Å². The van der Waals surface area contributed by atoms with E-state index in [-0.39, 0.29) is 10.6 Å². The van der Waals surface area contributed by atoms with Crippen molar-refractivity contribution in [2.24, 2.45) is 5.41 Å². The van der Waals surface area contributed by atoms with E-state index in [1.165, 1.54) is 0 Å². The van der Waals surface area contributed by atoms with Crippen LogP contribution in [0.4, 0.5) is 0 Å². The van der Waals surface area contributed by atoms with E-state index >= 15 is 0 Å². The van der Waals surface area contributed by atoms with Crippen molar-refractivity contribution in [3.05, 3.63) is 34.9 Å². The maximum absolute atomic E-state index is 11.8. The largest absolute Gasteiger partial charge is 0.298 e. The number of alkyl halides is 2. The molecule has 1 unspecified atom stereocenters. The van der Waals surface area contributed by atoms with Gasteiger partial charge in [0.05, 0.1) is 10.2 Å². The van der Waals surface area contributed by atoms with Crippen LogP contribution in [0.3, 0.4) is 0 Å². The highest BCUT2D eigenvalue weighted by Crippen LogP contribution is 2.41. The summed E-state index contributed by atoms with van der Waals surface area (Å²) in [7, 11) is 0. The van der Waals surface area contributed by atoms with E-state index in [0.717, 1.165) is 5.56 Å². The Balaban J connectivity index is 2.97. The van der Waals surface area contributed by atoms with Gasteiger partial charge in [-0.05, 0) is 17.7 Å². The molecule has 0 saturated carbocycles. The molecule has 0 spiro atoms. The Morgan fingerprint density at radius 1 is 1.38 bits per heavy atom. The minimum atomic E-state index is -0.447. The van der Waals surface area contributed by atoms with Gasteiger partial charge in [0.25, 0.3) is 0 Å². The Morgan fingerprint density at radius 3 is 2.31 bits per heavy atom. The zero-order valence-corrected chi connectivity index (χ0v) is 13.1. The molecule has 0 heterocycles. The van der Waals surface area contributed by atoms with E-state index in [0.29, 0.717) is 10.4 Å². The first-order chi connectivity index (χ1) is 7.39. The first kappa shape index (κ1) is 14.2. The first-order valence-corrected chi connectivity index (χ1v) is 7.30. The average Bonchev–Trinajstić information content (AvgIpc) is 2.28. The van der Waals surface area contributed by atoms with Gasteiger partial charge in [-0.25, -0.2) is 0 Å². The van der Waals surface area contributed by atoms with Crippen LogP contribution in [0.15, 0.2) is 24.3 Å². The van der Waals surface area contributed by atoms with E-state index in [9.17, 15) is 4.79 Å². The lowest BCUT2D eigenvalue weighted by molar-refractivity contribution is -0.124. The lowest BCUT2D eigenvalue weighted by atomic mass is 9.82. The Labute approximate surface area is 118 Å². The summed E-state index contributed by atoms with van der Waals surface area (Å²) < 4.78 is 0. The fraction of sp³-hybridized carbons (Fsp3) is 0.417. The highest BCUT2D eigenvalue weighted by molar-refractivity contribution is 9.09. The summed E-state index contributed by atoms with van der Waals surface area (Å²) >= 11 is 12.6. The molecule has 0 saturated heterocycles. The molecular formula is C12H13Br2ClO. The quantitative estimate of drug-likeness (QED) is 0.700. The van der Waals surface area contributed by atoms with Crippen molar-refractivity contribution in [1.29, 1.82) is 0 Å². The predicted octanol–water partition coefficient (Wildman–Crippen LogP) is 4.77. The van der Waals surface area contributed by atoms with E-state index < -0.39 is 5.41 Å². The number of benzene rings is 1. The molecule has 4 heteroatoms. The molecule has 0 N–H and O–H groups in total. The maximum Gasteiger partial charge on any atom is 0.150 e.